The Morgan fingerprint density at radius 3 is 2.64 bits per heavy atom. The predicted molar refractivity (Wildman–Crippen MR) is 52.6 cm³/mol. The van der Waals surface area contributed by atoms with Crippen molar-refractivity contribution in [1.29, 1.82) is 0 Å². The average molecular weight is 192 g/mol. The summed E-state index contributed by atoms with van der Waals surface area (Å²) in [5, 5.41) is 3.24. The van der Waals surface area contributed by atoms with Crippen LogP contribution in [0.2, 0.25) is 0 Å². The smallest absolute Gasteiger partial charge is 0.316 e. The van der Waals surface area contributed by atoms with E-state index in [1.807, 2.05) is 0 Å². The molecule has 0 spiro atoms. The monoisotopic (exact) mass is 192 g/mol. The Kier molecular flexibility index (Phi) is 2.30. The van der Waals surface area contributed by atoms with Gasteiger partial charge >= 0.3 is 6.01 Å². The van der Waals surface area contributed by atoms with Gasteiger partial charge in [-0.3, -0.25) is 4.99 Å². The molecule has 2 heterocycles. The maximum absolute atomic E-state index is 4.87. The number of amidine groups is 1. The third-order valence-electron chi connectivity index (χ3n) is 1.99. The lowest BCUT2D eigenvalue weighted by atomic mass is 10.3. The Bertz CT molecular complexity index is 346. The highest BCUT2D eigenvalue weighted by Gasteiger charge is 2.14. The lowest BCUT2D eigenvalue weighted by Crippen LogP contribution is -2.27. The maximum atomic E-state index is 4.87. The highest BCUT2D eigenvalue weighted by molar-refractivity contribution is 5.99. The first-order valence-corrected chi connectivity index (χ1v) is 4.47. The van der Waals surface area contributed by atoms with Gasteiger partial charge in [0, 0.05) is 18.4 Å². The quantitative estimate of drug-likeness (QED) is 0.728. The Morgan fingerprint density at radius 2 is 2.14 bits per heavy atom. The van der Waals surface area contributed by atoms with Crippen LogP contribution in [0.15, 0.2) is 17.4 Å². The average Bonchev–Trinajstić information content (AvgIpc) is 2.65. The largest absolute Gasteiger partial charge is 0.467 e. The van der Waals surface area contributed by atoms with Gasteiger partial charge in [-0.25, -0.2) is 9.97 Å². The van der Waals surface area contributed by atoms with Gasteiger partial charge in [-0.15, -0.1) is 0 Å². The van der Waals surface area contributed by atoms with Crippen LogP contribution in [0, 0.1) is 0 Å². The molecule has 0 fully saturated rings. The van der Waals surface area contributed by atoms with E-state index in [0.717, 1.165) is 17.9 Å². The van der Waals surface area contributed by atoms with Crippen molar-refractivity contribution in [1.82, 2.24) is 15.3 Å². The molecule has 5 nitrogen and oxygen atoms in total. The van der Waals surface area contributed by atoms with E-state index in [1.165, 1.54) is 0 Å². The van der Waals surface area contributed by atoms with Crippen molar-refractivity contribution in [3.63, 3.8) is 0 Å². The minimum atomic E-state index is 0.375. The number of methoxy groups -OCH3 is 1. The number of aromatic nitrogens is 2. The summed E-state index contributed by atoms with van der Waals surface area (Å²) in [7, 11) is 1.54. The van der Waals surface area contributed by atoms with Gasteiger partial charge < -0.3 is 10.1 Å². The topological polar surface area (TPSA) is 59.4 Å². The summed E-state index contributed by atoms with van der Waals surface area (Å²) in [4.78, 5) is 12.4. The van der Waals surface area contributed by atoms with Crippen LogP contribution in [-0.2, 0) is 0 Å². The van der Waals surface area contributed by atoms with Gasteiger partial charge in [0.2, 0.25) is 0 Å². The molecule has 0 aliphatic carbocycles. The Morgan fingerprint density at radius 1 is 1.43 bits per heavy atom. The molecular weight excluding hydrogens is 180 g/mol. The standard InChI is InChI=1S/C9H12N4O/c1-6-3-10-8(13-6)7-4-11-9(14-2)12-5-7/h4-6H,3H2,1-2H3,(H,10,13). The molecule has 1 aromatic heterocycles. The number of ether oxygens (including phenoxy) is 1. The van der Waals surface area contributed by atoms with Crippen molar-refractivity contribution < 1.29 is 4.74 Å². The van der Waals surface area contributed by atoms with Crippen LogP contribution in [0.5, 0.6) is 6.01 Å². The summed E-state index contributed by atoms with van der Waals surface area (Å²) < 4.78 is 4.87. The zero-order valence-corrected chi connectivity index (χ0v) is 8.19. The molecule has 74 valence electrons. The van der Waals surface area contributed by atoms with Gasteiger partial charge in [-0.1, -0.05) is 0 Å². The zero-order chi connectivity index (χ0) is 9.97. The fraction of sp³-hybridized carbons (Fsp3) is 0.444. The Hall–Kier alpha value is -1.65. The van der Waals surface area contributed by atoms with Gasteiger partial charge in [0.1, 0.15) is 5.84 Å². The van der Waals surface area contributed by atoms with E-state index in [9.17, 15) is 0 Å². The number of nitrogens with zero attached hydrogens (tertiary/aromatic N) is 3. The summed E-state index contributed by atoms with van der Waals surface area (Å²) in [5.41, 5.74) is 0.898. The zero-order valence-electron chi connectivity index (χ0n) is 8.19. The van der Waals surface area contributed by atoms with Crippen molar-refractivity contribution in [2.75, 3.05) is 13.7 Å². The van der Waals surface area contributed by atoms with Gasteiger partial charge in [0.05, 0.1) is 19.2 Å². The molecule has 1 aliphatic heterocycles. The van der Waals surface area contributed by atoms with E-state index < -0.39 is 0 Å². The molecule has 0 saturated heterocycles. The first-order chi connectivity index (χ1) is 6.79. The van der Waals surface area contributed by atoms with Crippen molar-refractivity contribution >= 4 is 5.84 Å². The molecule has 0 aromatic carbocycles. The molecule has 1 unspecified atom stereocenters. The second-order valence-corrected chi connectivity index (χ2v) is 3.19. The Balaban J connectivity index is 2.17. The van der Waals surface area contributed by atoms with E-state index >= 15 is 0 Å². The molecule has 0 bridgehead atoms. The normalized spacial score (nSPS) is 20.1. The van der Waals surface area contributed by atoms with Gasteiger partial charge in [0.25, 0.3) is 0 Å². The van der Waals surface area contributed by atoms with Crippen LogP contribution < -0.4 is 10.1 Å². The SMILES string of the molecule is COc1ncc(C2=NCC(C)N2)cn1. The number of rotatable bonds is 2. The fourth-order valence-electron chi connectivity index (χ4n) is 1.27. The predicted octanol–water partition coefficient (Wildman–Crippen LogP) is 0.223. The van der Waals surface area contributed by atoms with Crippen molar-refractivity contribution in [2.45, 2.75) is 13.0 Å². The Labute approximate surface area is 82.2 Å². The first-order valence-electron chi connectivity index (χ1n) is 4.47. The van der Waals surface area contributed by atoms with Crippen LogP contribution in [0.4, 0.5) is 0 Å². The second-order valence-electron chi connectivity index (χ2n) is 3.19. The summed E-state index contributed by atoms with van der Waals surface area (Å²) in [6, 6.07) is 0.771. The third kappa shape index (κ3) is 1.66. The molecule has 0 amide bonds. The lowest BCUT2D eigenvalue weighted by Gasteiger charge is -2.05. The van der Waals surface area contributed by atoms with E-state index in [2.05, 4.69) is 27.2 Å². The highest BCUT2D eigenvalue weighted by atomic mass is 16.5. The molecule has 0 radical (unpaired) electrons. The molecule has 1 aliphatic rings. The van der Waals surface area contributed by atoms with Crippen LogP contribution in [0.3, 0.4) is 0 Å². The molecule has 1 N–H and O–H groups in total. The maximum Gasteiger partial charge on any atom is 0.316 e. The minimum Gasteiger partial charge on any atom is -0.467 e. The second kappa shape index (κ2) is 3.61. The highest BCUT2D eigenvalue weighted by Crippen LogP contribution is 2.06. The number of aliphatic imine (C=N–C) groups is 1. The van der Waals surface area contributed by atoms with Gasteiger partial charge in [-0.05, 0) is 6.92 Å². The number of nitrogens with one attached hydrogen (secondary N) is 1. The molecule has 1 aromatic rings. The van der Waals surface area contributed by atoms with Crippen LogP contribution >= 0.6 is 0 Å². The lowest BCUT2D eigenvalue weighted by molar-refractivity contribution is 0.379. The molecule has 2 rings (SSSR count). The van der Waals surface area contributed by atoms with E-state index in [-0.39, 0.29) is 0 Å². The fourth-order valence-corrected chi connectivity index (χ4v) is 1.27. The van der Waals surface area contributed by atoms with Gasteiger partial charge in [-0.2, -0.15) is 0 Å². The summed E-state index contributed by atoms with van der Waals surface area (Å²) in [5.74, 6) is 0.861. The third-order valence-corrected chi connectivity index (χ3v) is 1.99. The van der Waals surface area contributed by atoms with Crippen LogP contribution in [0.1, 0.15) is 12.5 Å². The van der Waals surface area contributed by atoms with E-state index in [4.69, 9.17) is 4.74 Å². The van der Waals surface area contributed by atoms with Crippen LogP contribution in [0.25, 0.3) is 0 Å². The summed E-state index contributed by atoms with van der Waals surface area (Å²) in [6.45, 7) is 2.89. The summed E-state index contributed by atoms with van der Waals surface area (Å²) >= 11 is 0. The van der Waals surface area contributed by atoms with Crippen molar-refractivity contribution in [3.05, 3.63) is 18.0 Å². The van der Waals surface area contributed by atoms with E-state index in [1.54, 1.807) is 19.5 Å². The molecule has 1 atom stereocenters. The molecule has 5 heteroatoms. The summed E-state index contributed by atoms with van der Waals surface area (Å²) in [6.07, 6.45) is 3.41. The van der Waals surface area contributed by atoms with E-state index in [0.29, 0.717) is 12.1 Å². The minimum absolute atomic E-state index is 0.375. The first kappa shape index (κ1) is 8.93. The molecule has 0 saturated carbocycles. The van der Waals surface area contributed by atoms with Crippen molar-refractivity contribution in [3.8, 4) is 6.01 Å². The number of hydrogen-bond acceptors (Lipinski definition) is 5. The van der Waals surface area contributed by atoms with Crippen LogP contribution in [-0.4, -0.2) is 35.5 Å². The van der Waals surface area contributed by atoms with Crippen molar-refractivity contribution in [2.24, 2.45) is 4.99 Å². The molecular formula is C9H12N4O. The molecule has 14 heavy (non-hydrogen) atoms. The van der Waals surface area contributed by atoms with Gasteiger partial charge in [0.15, 0.2) is 0 Å². The number of hydrogen-bond donors (Lipinski definition) is 1.